The maximum absolute atomic E-state index is 13.4. The van der Waals surface area contributed by atoms with Crippen molar-refractivity contribution in [3.8, 4) is 0 Å². The molecule has 1 aromatic heterocycles. The smallest absolute Gasteiger partial charge is 0.303 e. The summed E-state index contributed by atoms with van der Waals surface area (Å²) in [6, 6.07) is 5.32. The fourth-order valence-corrected chi connectivity index (χ4v) is 5.79. The first-order chi connectivity index (χ1) is 16.8. The predicted octanol–water partition coefficient (Wildman–Crippen LogP) is 3.58. The summed E-state index contributed by atoms with van der Waals surface area (Å²) in [7, 11) is 3.74. The Bertz CT molecular complexity index is 1080. The second-order valence-electron chi connectivity index (χ2n) is 9.97. The Labute approximate surface area is 206 Å². The van der Waals surface area contributed by atoms with Gasteiger partial charge in [0.05, 0.1) is 6.04 Å². The molecule has 8 nitrogen and oxygen atoms in total. The highest BCUT2D eigenvalue weighted by molar-refractivity contribution is 5.99. The Morgan fingerprint density at radius 3 is 2.63 bits per heavy atom. The molecule has 2 heterocycles. The van der Waals surface area contributed by atoms with E-state index < -0.39 is 18.0 Å². The van der Waals surface area contributed by atoms with E-state index in [1.165, 1.54) is 29.5 Å². The number of carboxylic acid groups (broad SMARTS) is 1. The number of amides is 1. The normalized spacial score (nSPS) is 19.2. The van der Waals surface area contributed by atoms with Crippen LogP contribution in [0.4, 0.5) is 0 Å². The molecule has 4 rings (SSSR count). The number of hydrogen-bond acceptors (Lipinski definition) is 5. The first kappa shape index (κ1) is 25.2. The van der Waals surface area contributed by atoms with Crippen LogP contribution >= 0.6 is 0 Å². The van der Waals surface area contributed by atoms with Crippen molar-refractivity contribution in [2.24, 2.45) is 18.9 Å². The first-order valence-corrected chi connectivity index (χ1v) is 12.6. The van der Waals surface area contributed by atoms with Crippen molar-refractivity contribution in [1.82, 2.24) is 9.47 Å². The van der Waals surface area contributed by atoms with E-state index in [0.717, 1.165) is 49.8 Å². The van der Waals surface area contributed by atoms with Crippen molar-refractivity contribution in [1.29, 1.82) is 0 Å². The van der Waals surface area contributed by atoms with E-state index in [1.807, 2.05) is 18.2 Å². The molecule has 0 saturated carbocycles. The van der Waals surface area contributed by atoms with Crippen LogP contribution in [0.25, 0.3) is 10.9 Å². The highest BCUT2D eigenvalue weighted by atomic mass is 16.5. The predicted molar refractivity (Wildman–Crippen MR) is 131 cm³/mol. The zero-order chi connectivity index (χ0) is 25.1. The van der Waals surface area contributed by atoms with E-state index in [2.05, 4.69) is 11.6 Å². The number of fused-ring (bicyclic) bond motifs is 3. The molecule has 190 valence electrons. The first-order valence-electron chi connectivity index (χ1n) is 12.6. The molecule has 1 fully saturated rings. The van der Waals surface area contributed by atoms with Crippen LogP contribution in [-0.2, 0) is 39.0 Å². The molecule has 2 unspecified atom stereocenters. The van der Waals surface area contributed by atoms with Gasteiger partial charge in [-0.15, -0.1) is 0 Å². The number of aryl methyl sites for hydroxylation is 1. The molecule has 0 radical (unpaired) electrons. The minimum Gasteiger partial charge on any atom is -0.481 e. The zero-order valence-electron chi connectivity index (χ0n) is 20.9. The number of rotatable bonds is 8. The van der Waals surface area contributed by atoms with Crippen molar-refractivity contribution in [3.63, 3.8) is 0 Å². The van der Waals surface area contributed by atoms with Crippen LogP contribution in [0.5, 0.6) is 0 Å². The van der Waals surface area contributed by atoms with Gasteiger partial charge in [0.2, 0.25) is 0 Å². The molecule has 2 atom stereocenters. The van der Waals surface area contributed by atoms with Crippen LogP contribution in [0.1, 0.15) is 60.6 Å². The van der Waals surface area contributed by atoms with Gasteiger partial charge in [0.25, 0.3) is 5.91 Å². The van der Waals surface area contributed by atoms with Crippen LogP contribution < -0.4 is 0 Å². The quantitative estimate of drug-likeness (QED) is 0.575. The van der Waals surface area contributed by atoms with Crippen LogP contribution in [0.2, 0.25) is 0 Å². The topological polar surface area (TPSA) is 98.1 Å². The number of carbonyl (C=O) groups is 3. The van der Waals surface area contributed by atoms with Gasteiger partial charge < -0.3 is 24.0 Å². The summed E-state index contributed by atoms with van der Waals surface area (Å²) in [5, 5.41) is 10.2. The summed E-state index contributed by atoms with van der Waals surface area (Å²) < 4.78 is 13.0. The lowest BCUT2D eigenvalue weighted by molar-refractivity contribution is -0.142. The monoisotopic (exact) mass is 484 g/mol. The molecular weight excluding hydrogens is 448 g/mol. The summed E-state index contributed by atoms with van der Waals surface area (Å²) in [5.74, 6) is -0.274. The second kappa shape index (κ2) is 10.8. The summed E-state index contributed by atoms with van der Waals surface area (Å²) >= 11 is 0. The Balaban J connectivity index is 1.59. The summed E-state index contributed by atoms with van der Waals surface area (Å²) in [4.78, 5) is 37.4. The van der Waals surface area contributed by atoms with E-state index >= 15 is 0 Å². The van der Waals surface area contributed by atoms with Crippen LogP contribution in [-0.4, -0.2) is 65.3 Å². The molecular formula is C27H36N2O6. The number of ether oxygens (including phenoxy) is 2. The minimum atomic E-state index is -0.949. The van der Waals surface area contributed by atoms with Gasteiger partial charge in [0.1, 0.15) is 6.61 Å². The van der Waals surface area contributed by atoms with Crippen molar-refractivity contribution >= 4 is 28.7 Å². The van der Waals surface area contributed by atoms with Crippen LogP contribution in [0, 0.1) is 11.8 Å². The fraction of sp³-hybridized carbons (Fsp3) is 0.593. The maximum atomic E-state index is 13.4. The molecule has 1 aromatic carbocycles. The van der Waals surface area contributed by atoms with Crippen LogP contribution in [0.3, 0.4) is 0 Å². The highest BCUT2D eigenvalue weighted by Gasteiger charge is 2.31. The average Bonchev–Trinajstić information content (AvgIpc) is 3.14. The lowest BCUT2D eigenvalue weighted by atomic mass is 9.75. The van der Waals surface area contributed by atoms with Gasteiger partial charge in [-0.05, 0) is 74.1 Å². The average molecular weight is 485 g/mol. The molecule has 2 aromatic rings. The molecule has 0 spiro atoms. The summed E-state index contributed by atoms with van der Waals surface area (Å²) in [6.07, 6.45) is 5.61. The Kier molecular flexibility index (Phi) is 7.79. The van der Waals surface area contributed by atoms with Gasteiger partial charge in [-0.2, -0.15) is 0 Å². The van der Waals surface area contributed by atoms with Crippen molar-refractivity contribution in [3.05, 3.63) is 35.0 Å². The number of likely N-dealkylation sites (N-methyl/N-ethyl adjacent to an activating group) is 1. The standard InChI is InChI=1S/C27H36N2O6/c1-17(30)35-16-21(6-9-26(31)32)28(2)27(33)20-5-8-25-23(15-20)22-14-19(4-7-24(22)29(25)3)18-10-12-34-13-11-18/h5,8,15,18-19,21H,4,6-7,9-14,16H2,1-3H3,(H,31,32). The molecule has 1 N–H and O–H groups in total. The number of nitrogens with zero attached hydrogens (tertiary/aromatic N) is 2. The van der Waals surface area contributed by atoms with Crippen LogP contribution in [0.15, 0.2) is 18.2 Å². The Morgan fingerprint density at radius 2 is 1.94 bits per heavy atom. The SMILES string of the molecule is CC(=O)OCC(CCC(=O)O)N(C)C(=O)c1ccc2c(c1)c1c(n2C)CCC(C2CCOCC2)C1. The van der Waals surface area contributed by atoms with Gasteiger partial charge in [-0.1, -0.05) is 0 Å². The van der Waals surface area contributed by atoms with Crippen molar-refractivity contribution in [2.45, 2.75) is 57.9 Å². The van der Waals surface area contributed by atoms with E-state index in [-0.39, 0.29) is 25.4 Å². The maximum Gasteiger partial charge on any atom is 0.303 e. The number of aromatic nitrogens is 1. The molecule has 2 aliphatic rings. The third-order valence-corrected chi connectivity index (χ3v) is 7.87. The second-order valence-corrected chi connectivity index (χ2v) is 9.97. The molecule has 35 heavy (non-hydrogen) atoms. The zero-order valence-corrected chi connectivity index (χ0v) is 20.9. The summed E-state index contributed by atoms with van der Waals surface area (Å²) in [6.45, 7) is 2.98. The lowest BCUT2D eigenvalue weighted by Crippen LogP contribution is -2.40. The van der Waals surface area contributed by atoms with Crippen molar-refractivity contribution in [2.75, 3.05) is 26.9 Å². The third kappa shape index (κ3) is 5.53. The molecule has 1 aliphatic heterocycles. The third-order valence-electron chi connectivity index (χ3n) is 7.87. The molecule has 1 aliphatic carbocycles. The van der Waals surface area contributed by atoms with Crippen molar-refractivity contribution < 1.29 is 29.0 Å². The summed E-state index contributed by atoms with van der Waals surface area (Å²) in [5.41, 5.74) is 4.40. The molecule has 1 saturated heterocycles. The number of esters is 1. The highest BCUT2D eigenvalue weighted by Crippen LogP contribution is 2.39. The van der Waals surface area contributed by atoms with E-state index in [1.54, 1.807) is 7.05 Å². The van der Waals surface area contributed by atoms with Gasteiger partial charge in [0.15, 0.2) is 0 Å². The van der Waals surface area contributed by atoms with Gasteiger partial charge in [-0.3, -0.25) is 14.4 Å². The number of aliphatic carboxylic acids is 1. The number of carbonyl (C=O) groups excluding carboxylic acids is 2. The van der Waals surface area contributed by atoms with E-state index in [9.17, 15) is 14.4 Å². The molecule has 1 amide bonds. The van der Waals surface area contributed by atoms with E-state index in [4.69, 9.17) is 14.6 Å². The van der Waals surface area contributed by atoms with Gasteiger partial charge in [0, 0.05) is 62.8 Å². The Hall–Kier alpha value is -2.87. The largest absolute Gasteiger partial charge is 0.481 e. The minimum absolute atomic E-state index is 0.0272. The van der Waals surface area contributed by atoms with Gasteiger partial charge >= 0.3 is 11.9 Å². The van der Waals surface area contributed by atoms with Gasteiger partial charge in [-0.25, -0.2) is 0 Å². The fourth-order valence-electron chi connectivity index (χ4n) is 5.79. The molecule has 8 heteroatoms. The lowest BCUT2D eigenvalue weighted by Gasteiger charge is -2.33. The number of hydrogen-bond donors (Lipinski definition) is 1. The van der Waals surface area contributed by atoms with E-state index in [0.29, 0.717) is 17.4 Å². The number of carboxylic acids is 1. The number of benzene rings is 1. The molecule has 0 bridgehead atoms. The Morgan fingerprint density at radius 1 is 1.20 bits per heavy atom.